The van der Waals surface area contributed by atoms with E-state index in [1.54, 1.807) is 36.5 Å². The number of rotatable bonds is 4. The summed E-state index contributed by atoms with van der Waals surface area (Å²) in [7, 11) is 0. The molecule has 2 heterocycles. The molecule has 2 aromatic carbocycles. The standard InChI is InChI=1S/C23H14F2N2.Pt/c24-20-15-21(25)19(14-18(20)22-10-4-5-12-26-22)23-11-6-9-17(27-23)13-16-7-2-1-3-8-16;/h1-7,9-12,15H,13H2;/q-2;+2. The maximum Gasteiger partial charge on any atom is 2.00 e. The van der Waals surface area contributed by atoms with Crippen LogP contribution in [0.5, 0.6) is 0 Å². The summed E-state index contributed by atoms with van der Waals surface area (Å²) in [5, 5.41) is 0. The molecule has 28 heavy (non-hydrogen) atoms. The van der Waals surface area contributed by atoms with Crippen molar-refractivity contribution in [2.45, 2.75) is 6.42 Å². The Kier molecular flexibility index (Phi) is 6.43. The molecule has 0 radical (unpaired) electrons. The van der Waals surface area contributed by atoms with Crippen LogP contribution in [0.4, 0.5) is 8.78 Å². The molecule has 0 saturated heterocycles. The Balaban J connectivity index is 0.00000225. The average Bonchev–Trinajstić information content (AvgIpc) is 2.70. The number of nitrogens with zero attached hydrogens (tertiary/aromatic N) is 2. The third-order valence-corrected chi connectivity index (χ3v) is 4.11. The van der Waals surface area contributed by atoms with Gasteiger partial charge in [0.15, 0.2) is 0 Å². The molecule has 0 bridgehead atoms. The molecule has 5 heteroatoms. The molecule has 0 unspecified atom stereocenters. The molecule has 4 aromatic rings. The van der Waals surface area contributed by atoms with Gasteiger partial charge in [-0.1, -0.05) is 41.5 Å². The maximum atomic E-state index is 14.5. The number of hydrogen-bond acceptors (Lipinski definition) is 2. The predicted octanol–water partition coefficient (Wildman–Crippen LogP) is 5.28. The fourth-order valence-corrected chi connectivity index (χ4v) is 2.84. The van der Waals surface area contributed by atoms with Crippen LogP contribution in [0.15, 0.2) is 72.9 Å². The molecule has 0 spiro atoms. The van der Waals surface area contributed by atoms with Crippen LogP contribution < -0.4 is 0 Å². The summed E-state index contributed by atoms with van der Waals surface area (Å²) in [6, 6.07) is 24.9. The molecule has 0 aliphatic rings. The largest absolute Gasteiger partial charge is 2.00 e. The monoisotopic (exact) mass is 551 g/mol. The number of benzene rings is 2. The van der Waals surface area contributed by atoms with Gasteiger partial charge in [-0.15, -0.1) is 6.07 Å². The van der Waals surface area contributed by atoms with Crippen LogP contribution in [-0.2, 0) is 27.5 Å². The fraction of sp³-hybridized carbons (Fsp3) is 0.0435. The van der Waals surface area contributed by atoms with Gasteiger partial charge in [0.2, 0.25) is 0 Å². The summed E-state index contributed by atoms with van der Waals surface area (Å²) in [4.78, 5) is 8.66. The molecule has 2 nitrogen and oxygen atoms in total. The first-order valence-electron chi connectivity index (χ1n) is 8.45. The van der Waals surface area contributed by atoms with E-state index in [4.69, 9.17) is 0 Å². The molecule has 0 N–H and O–H groups in total. The molecule has 0 saturated carbocycles. The molecule has 0 atom stereocenters. The number of hydrogen-bond donors (Lipinski definition) is 0. The van der Waals surface area contributed by atoms with E-state index < -0.39 is 11.6 Å². The van der Waals surface area contributed by atoms with Gasteiger partial charge in [0.1, 0.15) is 0 Å². The predicted molar refractivity (Wildman–Crippen MR) is 99.7 cm³/mol. The summed E-state index contributed by atoms with van der Waals surface area (Å²) in [6.45, 7) is 0. The molecule has 4 rings (SSSR count). The number of pyridine rings is 2. The Bertz CT molecular complexity index is 1070. The Labute approximate surface area is 176 Å². The van der Waals surface area contributed by atoms with E-state index in [0.29, 0.717) is 17.8 Å². The molecule has 0 aliphatic heterocycles. The summed E-state index contributed by atoms with van der Waals surface area (Å²) in [5.74, 6) is -1.41. The summed E-state index contributed by atoms with van der Waals surface area (Å²) < 4.78 is 28.7. The van der Waals surface area contributed by atoms with Gasteiger partial charge in [-0.05, 0) is 18.6 Å². The van der Waals surface area contributed by atoms with E-state index in [2.05, 4.69) is 22.1 Å². The average molecular weight is 551 g/mol. The van der Waals surface area contributed by atoms with E-state index in [1.165, 1.54) is 0 Å². The number of halogens is 2. The zero-order chi connectivity index (χ0) is 18.6. The third-order valence-electron chi connectivity index (χ3n) is 4.11. The van der Waals surface area contributed by atoms with Crippen LogP contribution in [0, 0.1) is 23.8 Å². The quantitative estimate of drug-likeness (QED) is 0.323. The minimum absolute atomic E-state index is 0. The zero-order valence-corrected chi connectivity index (χ0v) is 16.9. The minimum Gasteiger partial charge on any atom is -0.295 e. The molecular weight excluding hydrogens is 537 g/mol. The fourth-order valence-electron chi connectivity index (χ4n) is 2.84. The Morgan fingerprint density at radius 3 is 2.29 bits per heavy atom. The van der Waals surface area contributed by atoms with Crippen LogP contribution in [0.1, 0.15) is 11.3 Å². The van der Waals surface area contributed by atoms with Crippen LogP contribution in [0.2, 0.25) is 0 Å². The van der Waals surface area contributed by atoms with E-state index in [0.717, 1.165) is 17.3 Å². The second kappa shape index (κ2) is 8.99. The van der Waals surface area contributed by atoms with E-state index in [9.17, 15) is 8.78 Å². The van der Waals surface area contributed by atoms with Crippen LogP contribution in [-0.4, -0.2) is 9.97 Å². The van der Waals surface area contributed by atoms with Gasteiger partial charge in [-0.25, -0.2) is 0 Å². The SMILES string of the molecule is Fc1cc(F)c(-c2cccc(Cc3[c-]cccc3)n2)[c-]c1-c1ccccn1.[Pt+2]. The van der Waals surface area contributed by atoms with Gasteiger partial charge in [0, 0.05) is 23.3 Å². The maximum absolute atomic E-state index is 14.5. The van der Waals surface area contributed by atoms with Crippen molar-refractivity contribution in [3.63, 3.8) is 0 Å². The minimum atomic E-state index is -0.705. The van der Waals surface area contributed by atoms with Gasteiger partial charge in [-0.3, -0.25) is 18.7 Å². The first kappa shape index (κ1) is 20.0. The number of aromatic nitrogens is 2. The third kappa shape index (κ3) is 4.40. The topological polar surface area (TPSA) is 25.8 Å². The van der Waals surface area contributed by atoms with Gasteiger partial charge >= 0.3 is 21.1 Å². The first-order chi connectivity index (χ1) is 13.2. The van der Waals surface area contributed by atoms with Crippen molar-refractivity contribution in [1.82, 2.24) is 9.97 Å². The molecular formula is C23H14F2N2Pt. The van der Waals surface area contributed by atoms with Gasteiger partial charge in [-0.2, -0.15) is 35.9 Å². The first-order valence-corrected chi connectivity index (χ1v) is 8.45. The molecule has 0 aliphatic carbocycles. The Hall–Kier alpha value is -2.71. The van der Waals surface area contributed by atoms with Gasteiger partial charge in [0.25, 0.3) is 0 Å². The Morgan fingerprint density at radius 2 is 1.57 bits per heavy atom. The van der Waals surface area contributed by atoms with Gasteiger partial charge in [0.05, 0.1) is 11.6 Å². The van der Waals surface area contributed by atoms with E-state index in [-0.39, 0.29) is 32.2 Å². The second-order valence-electron chi connectivity index (χ2n) is 6.01. The van der Waals surface area contributed by atoms with Crippen molar-refractivity contribution in [2.75, 3.05) is 0 Å². The van der Waals surface area contributed by atoms with Crippen molar-refractivity contribution in [2.24, 2.45) is 0 Å². The van der Waals surface area contributed by atoms with Crippen molar-refractivity contribution in [1.29, 1.82) is 0 Å². The van der Waals surface area contributed by atoms with Crippen molar-refractivity contribution < 1.29 is 29.8 Å². The normalized spacial score (nSPS) is 10.4. The molecule has 140 valence electrons. The Morgan fingerprint density at radius 1 is 0.821 bits per heavy atom. The summed E-state index contributed by atoms with van der Waals surface area (Å²) in [6.07, 6.45) is 2.13. The van der Waals surface area contributed by atoms with E-state index in [1.807, 2.05) is 30.3 Å². The van der Waals surface area contributed by atoms with E-state index >= 15 is 0 Å². The summed E-state index contributed by atoms with van der Waals surface area (Å²) >= 11 is 0. The molecule has 2 aromatic heterocycles. The second-order valence-corrected chi connectivity index (χ2v) is 6.01. The summed E-state index contributed by atoms with van der Waals surface area (Å²) in [5.41, 5.74) is 2.79. The van der Waals surface area contributed by atoms with Gasteiger partial charge < -0.3 is 0 Å². The molecule has 0 amide bonds. The van der Waals surface area contributed by atoms with Crippen molar-refractivity contribution in [3.05, 3.63) is 108 Å². The smallest absolute Gasteiger partial charge is 0.295 e. The van der Waals surface area contributed by atoms with Crippen molar-refractivity contribution >= 4 is 0 Å². The van der Waals surface area contributed by atoms with Crippen molar-refractivity contribution in [3.8, 4) is 22.5 Å². The zero-order valence-electron chi connectivity index (χ0n) is 14.6. The van der Waals surface area contributed by atoms with Crippen LogP contribution in [0.3, 0.4) is 0 Å². The molecule has 0 fully saturated rings. The van der Waals surface area contributed by atoms with Crippen LogP contribution in [0.25, 0.3) is 22.5 Å². The van der Waals surface area contributed by atoms with Crippen LogP contribution >= 0.6 is 0 Å².